The third-order valence-electron chi connectivity index (χ3n) is 3.15. The van der Waals surface area contributed by atoms with Crippen molar-refractivity contribution in [2.45, 2.75) is 32.8 Å². The van der Waals surface area contributed by atoms with E-state index < -0.39 is 5.97 Å². The van der Waals surface area contributed by atoms with Gasteiger partial charge in [0.15, 0.2) is 6.61 Å². The number of amides is 1. The first-order valence-electron chi connectivity index (χ1n) is 6.68. The molecule has 1 atom stereocenters. The Balaban J connectivity index is 1.72. The second-order valence-corrected chi connectivity index (χ2v) is 4.84. The molecule has 2 rings (SSSR count). The monoisotopic (exact) mass is 281 g/mol. The first-order valence-corrected chi connectivity index (χ1v) is 6.68. The fraction of sp³-hybridized carbons (Fsp3) is 0.571. The molecule has 1 amide bonds. The minimum atomic E-state index is -0.549. The van der Waals surface area contributed by atoms with Gasteiger partial charge in [-0.25, -0.2) is 4.79 Å². The molecule has 20 heavy (non-hydrogen) atoms. The number of nitrogens with one attached hydrogen (secondary N) is 1. The van der Waals surface area contributed by atoms with Gasteiger partial charge in [-0.1, -0.05) is 0 Å². The summed E-state index contributed by atoms with van der Waals surface area (Å²) in [6, 6.07) is 1.60. The first-order chi connectivity index (χ1) is 9.56. The maximum Gasteiger partial charge on any atom is 0.342 e. The fourth-order valence-electron chi connectivity index (χ4n) is 2.13. The average molecular weight is 281 g/mol. The Kier molecular flexibility index (Phi) is 4.79. The minimum absolute atomic E-state index is 0.0772. The normalized spacial score (nSPS) is 18.0. The van der Waals surface area contributed by atoms with E-state index in [9.17, 15) is 9.59 Å². The molecule has 2 heterocycles. The number of aryl methyl sites for hydroxylation is 2. The SMILES string of the molecule is Cc1cc(C(=O)OCC(=O)NC[C@@H]2CCCO2)c(C)o1. The topological polar surface area (TPSA) is 77.8 Å². The summed E-state index contributed by atoms with van der Waals surface area (Å²) in [6.45, 7) is 4.34. The molecule has 1 saturated heterocycles. The standard InChI is InChI=1S/C14H19NO5/c1-9-6-12(10(2)20-9)14(17)19-8-13(16)15-7-11-4-3-5-18-11/h6,11H,3-5,7-8H2,1-2H3,(H,15,16)/t11-/m0/s1. The summed E-state index contributed by atoms with van der Waals surface area (Å²) in [7, 11) is 0. The Morgan fingerprint density at radius 1 is 1.45 bits per heavy atom. The van der Waals surface area contributed by atoms with Crippen molar-refractivity contribution in [2.75, 3.05) is 19.8 Å². The molecule has 1 aromatic rings. The molecule has 110 valence electrons. The maximum atomic E-state index is 11.8. The first kappa shape index (κ1) is 14.6. The van der Waals surface area contributed by atoms with Crippen LogP contribution in [0.3, 0.4) is 0 Å². The van der Waals surface area contributed by atoms with Gasteiger partial charge in [-0.15, -0.1) is 0 Å². The maximum absolute atomic E-state index is 11.8. The van der Waals surface area contributed by atoms with Crippen LogP contribution in [0.25, 0.3) is 0 Å². The molecule has 0 radical (unpaired) electrons. The molecule has 1 fully saturated rings. The molecule has 0 aliphatic carbocycles. The van der Waals surface area contributed by atoms with Crippen LogP contribution in [0.15, 0.2) is 10.5 Å². The zero-order valence-electron chi connectivity index (χ0n) is 11.7. The van der Waals surface area contributed by atoms with Crippen molar-refractivity contribution in [3.63, 3.8) is 0 Å². The second kappa shape index (κ2) is 6.56. The second-order valence-electron chi connectivity index (χ2n) is 4.84. The van der Waals surface area contributed by atoms with Crippen LogP contribution in [0, 0.1) is 13.8 Å². The summed E-state index contributed by atoms with van der Waals surface area (Å²) in [6.07, 6.45) is 2.05. The van der Waals surface area contributed by atoms with E-state index in [1.807, 2.05) is 0 Å². The van der Waals surface area contributed by atoms with Crippen molar-refractivity contribution in [2.24, 2.45) is 0 Å². The fourth-order valence-corrected chi connectivity index (χ4v) is 2.13. The van der Waals surface area contributed by atoms with E-state index in [0.29, 0.717) is 23.6 Å². The highest BCUT2D eigenvalue weighted by atomic mass is 16.5. The van der Waals surface area contributed by atoms with Gasteiger partial charge < -0.3 is 19.2 Å². The molecule has 1 aromatic heterocycles. The Labute approximate surface area is 117 Å². The smallest absolute Gasteiger partial charge is 0.342 e. The van der Waals surface area contributed by atoms with Crippen LogP contribution in [-0.2, 0) is 14.3 Å². The minimum Gasteiger partial charge on any atom is -0.466 e. The van der Waals surface area contributed by atoms with Gasteiger partial charge in [0.05, 0.1) is 6.10 Å². The quantitative estimate of drug-likeness (QED) is 0.824. The summed E-state index contributed by atoms with van der Waals surface area (Å²) >= 11 is 0. The summed E-state index contributed by atoms with van der Waals surface area (Å²) in [4.78, 5) is 23.3. The molecule has 1 aliphatic rings. The lowest BCUT2D eigenvalue weighted by Crippen LogP contribution is -2.34. The highest BCUT2D eigenvalue weighted by Gasteiger charge is 2.18. The van der Waals surface area contributed by atoms with E-state index in [4.69, 9.17) is 13.9 Å². The van der Waals surface area contributed by atoms with Crippen molar-refractivity contribution in [1.82, 2.24) is 5.32 Å². The Morgan fingerprint density at radius 3 is 2.85 bits per heavy atom. The van der Waals surface area contributed by atoms with Gasteiger partial charge >= 0.3 is 5.97 Å². The molecular formula is C14H19NO5. The van der Waals surface area contributed by atoms with E-state index >= 15 is 0 Å². The molecule has 0 bridgehead atoms. The summed E-state index contributed by atoms with van der Waals surface area (Å²) in [5.74, 6) is 0.253. The van der Waals surface area contributed by atoms with Gasteiger partial charge in [-0.3, -0.25) is 4.79 Å². The van der Waals surface area contributed by atoms with Crippen LogP contribution >= 0.6 is 0 Å². The van der Waals surface area contributed by atoms with Crippen molar-refractivity contribution in [3.8, 4) is 0 Å². The van der Waals surface area contributed by atoms with Crippen LogP contribution in [0.4, 0.5) is 0 Å². The van der Waals surface area contributed by atoms with Crippen LogP contribution in [0.1, 0.15) is 34.7 Å². The van der Waals surface area contributed by atoms with Crippen LogP contribution in [0.2, 0.25) is 0 Å². The van der Waals surface area contributed by atoms with Crippen LogP contribution in [0.5, 0.6) is 0 Å². The van der Waals surface area contributed by atoms with Gasteiger partial charge in [0.1, 0.15) is 17.1 Å². The summed E-state index contributed by atoms with van der Waals surface area (Å²) in [5.41, 5.74) is 0.356. The number of carbonyl (C=O) groups excluding carboxylic acids is 2. The third kappa shape index (κ3) is 3.84. The van der Waals surface area contributed by atoms with Crippen molar-refractivity contribution in [1.29, 1.82) is 0 Å². The van der Waals surface area contributed by atoms with Gasteiger partial charge in [-0.05, 0) is 32.8 Å². The Bertz CT molecular complexity index is 488. The largest absolute Gasteiger partial charge is 0.466 e. The lowest BCUT2D eigenvalue weighted by Gasteiger charge is -2.10. The van der Waals surface area contributed by atoms with Gasteiger partial charge in [0.25, 0.3) is 5.91 Å². The molecular weight excluding hydrogens is 262 g/mol. The summed E-state index contributed by atoms with van der Waals surface area (Å²) in [5, 5.41) is 2.69. The molecule has 0 unspecified atom stereocenters. The molecule has 6 nitrogen and oxygen atoms in total. The average Bonchev–Trinajstić information content (AvgIpc) is 3.03. The van der Waals surface area contributed by atoms with Gasteiger partial charge in [0, 0.05) is 13.2 Å². The Hall–Kier alpha value is -1.82. The number of hydrogen-bond acceptors (Lipinski definition) is 5. The highest BCUT2D eigenvalue weighted by molar-refractivity contribution is 5.92. The lowest BCUT2D eigenvalue weighted by molar-refractivity contribution is -0.124. The van der Waals surface area contributed by atoms with E-state index in [1.165, 1.54) is 0 Å². The molecule has 0 spiro atoms. The van der Waals surface area contributed by atoms with Crippen LogP contribution in [-0.4, -0.2) is 37.7 Å². The number of ether oxygens (including phenoxy) is 2. The van der Waals surface area contributed by atoms with Gasteiger partial charge in [-0.2, -0.15) is 0 Å². The highest BCUT2D eigenvalue weighted by Crippen LogP contribution is 2.14. The van der Waals surface area contributed by atoms with E-state index in [1.54, 1.807) is 19.9 Å². The van der Waals surface area contributed by atoms with Crippen molar-refractivity contribution < 1.29 is 23.5 Å². The number of rotatable bonds is 5. The van der Waals surface area contributed by atoms with Crippen LogP contribution < -0.4 is 5.32 Å². The number of carbonyl (C=O) groups is 2. The number of furan rings is 1. The molecule has 0 aromatic carbocycles. The molecule has 6 heteroatoms. The predicted molar refractivity (Wildman–Crippen MR) is 70.4 cm³/mol. The summed E-state index contributed by atoms with van der Waals surface area (Å²) < 4.78 is 15.6. The van der Waals surface area contributed by atoms with Crippen molar-refractivity contribution >= 4 is 11.9 Å². The predicted octanol–water partition coefficient (Wildman–Crippen LogP) is 1.35. The molecule has 0 saturated carbocycles. The van der Waals surface area contributed by atoms with Crippen molar-refractivity contribution in [3.05, 3.63) is 23.2 Å². The Morgan fingerprint density at radius 2 is 2.25 bits per heavy atom. The number of hydrogen-bond donors (Lipinski definition) is 1. The van der Waals surface area contributed by atoms with Gasteiger partial charge in [0.2, 0.25) is 0 Å². The molecule has 1 aliphatic heterocycles. The lowest BCUT2D eigenvalue weighted by atomic mass is 10.2. The van der Waals surface area contributed by atoms with E-state index in [2.05, 4.69) is 5.32 Å². The zero-order valence-corrected chi connectivity index (χ0v) is 11.7. The van der Waals surface area contributed by atoms with E-state index in [-0.39, 0.29) is 18.6 Å². The number of esters is 1. The zero-order chi connectivity index (χ0) is 14.5. The third-order valence-corrected chi connectivity index (χ3v) is 3.15. The molecule has 1 N–H and O–H groups in total. The van der Waals surface area contributed by atoms with E-state index in [0.717, 1.165) is 19.4 Å².